The first kappa shape index (κ1) is 16.7. The van der Waals surface area contributed by atoms with Gasteiger partial charge in [0.2, 0.25) is 0 Å². The van der Waals surface area contributed by atoms with E-state index in [1.165, 1.54) is 37.3 Å². The summed E-state index contributed by atoms with van der Waals surface area (Å²) < 4.78 is 14.2. The molecule has 0 N–H and O–H groups in total. The lowest BCUT2D eigenvalue weighted by Gasteiger charge is -2.31. The normalized spacial score (nSPS) is 21.9. The van der Waals surface area contributed by atoms with Gasteiger partial charge in [-0.1, -0.05) is 57.0 Å². The molecule has 3 rings (SSSR count). The van der Waals surface area contributed by atoms with Crippen LogP contribution in [0.3, 0.4) is 0 Å². The predicted octanol–water partition coefficient (Wildman–Crippen LogP) is 6.29. The van der Waals surface area contributed by atoms with Crippen LogP contribution in [-0.2, 0) is 0 Å². The van der Waals surface area contributed by atoms with Crippen molar-refractivity contribution in [1.82, 2.24) is 0 Å². The van der Waals surface area contributed by atoms with E-state index in [-0.39, 0.29) is 5.82 Å². The van der Waals surface area contributed by atoms with E-state index in [0.29, 0.717) is 17.0 Å². The molecule has 0 amide bonds. The van der Waals surface area contributed by atoms with E-state index in [1.54, 1.807) is 12.1 Å². The van der Waals surface area contributed by atoms with Crippen LogP contribution in [-0.4, -0.2) is 0 Å². The van der Waals surface area contributed by atoms with Crippen molar-refractivity contribution in [2.75, 3.05) is 0 Å². The molecule has 2 aromatic rings. The summed E-state index contributed by atoms with van der Waals surface area (Å²) in [6.45, 7) is 4.67. The minimum atomic E-state index is -0.337. The molecular formula is C22H24FN. The zero-order valence-corrected chi connectivity index (χ0v) is 14.4. The summed E-state index contributed by atoms with van der Waals surface area (Å²) >= 11 is 0. The van der Waals surface area contributed by atoms with Crippen LogP contribution in [0, 0.1) is 29.0 Å². The summed E-state index contributed by atoms with van der Waals surface area (Å²) in [6.07, 6.45) is 5.30. The number of hydrogen-bond donors (Lipinski definition) is 0. The van der Waals surface area contributed by atoms with Gasteiger partial charge >= 0.3 is 0 Å². The Morgan fingerprint density at radius 3 is 2.29 bits per heavy atom. The molecule has 0 aliphatic heterocycles. The van der Waals surface area contributed by atoms with E-state index in [2.05, 4.69) is 26.0 Å². The number of hydrogen-bond acceptors (Lipinski definition) is 1. The highest BCUT2D eigenvalue weighted by Gasteiger charge is 2.24. The van der Waals surface area contributed by atoms with Gasteiger partial charge in [-0.15, -0.1) is 0 Å². The van der Waals surface area contributed by atoms with E-state index in [9.17, 15) is 4.39 Å². The van der Waals surface area contributed by atoms with Gasteiger partial charge in [0.05, 0.1) is 11.6 Å². The number of benzene rings is 2. The first-order valence-corrected chi connectivity index (χ1v) is 8.88. The van der Waals surface area contributed by atoms with Gasteiger partial charge in [0.1, 0.15) is 5.82 Å². The van der Waals surface area contributed by atoms with Crippen molar-refractivity contribution in [2.24, 2.45) is 11.8 Å². The summed E-state index contributed by atoms with van der Waals surface area (Å²) in [5.41, 5.74) is 3.12. The van der Waals surface area contributed by atoms with E-state index < -0.39 is 0 Å². The van der Waals surface area contributed by atoms with Gasteiger partial charge in [0.15, 0.2) is 0 Å². The minimum Gasteiger partial charge on any atom is -0.206 e. The van der Waals surface area contributed by atoms with Gasteiger partial charge in [-0.3, -0.25) is 0 Å². The van der Waals surface area contributed by atoms with Crippen LogP contribution in [0.4, 0.5) is 4.39 Å². The molecule has 0 spiro atoms. The third-order valence-electron chi connectivity index (χ3n) is 5.61. The summed E-state index contributed by atoms with van der Waals surface area (Å²) in [4.78, 5) is 0. The van der Waals surface area contributed by atoms with Gasteiger partial charge in [-0.2, -0.15) is 5.26 Å². The van der Waals surface area contributed by atoms with E-state index in [0.717, 1.165) is 17.4 Å². The van der Waals surface area contributed by atoms with Crippen LogP contribution >= 0.6 is 0 Å². The maximum atomic E-state index is 14.2. The molecule has 0 bridgehead atoms. The molecule has 1 unspecified atom stereocenters. The molecule has 1 fully saturated rings. The highest BCUT2D eigenvalue weighted by Crippen LogP contribution is 2.38. The van der Waals surface area contributed by atoms with Gasteiger partial charge in [-0.05, 0) is 53.9 Å². The quantitative estimate of drug-likeness (QED) is 0.651. The van der Waals surface area contributed by atoms with E-state index in [4.69, 9.17) is 5.26 Å². The smallest absolute Gasteiger partial charge is 0.132 e. The molecule has 0 heterocycles. The molecule has 0 saturated heterocycles. The lowest BCUT2D eigenvalue weighted by Crippen LogP contribution is -2.17. The zero-order valence-electron chi connectivity index (χ0n) is 14.4. The van der Waals surface area contributed by atoms with Crippen molar-refractivity contribution in [3.8, 4) is 17.2 Å². The third kappa shape index (κ3) is 3.51. The molecule has 24 heavy (non-hydrogen) atoms. The Labute approximate surface area is 144 Å². The molecule has 1 saturated carbocycles. The lowest BCUT2D eigenvalue weighted by atomic mass is 9.74. The Kier molecular flexibility index (Phi) is 5.00. The van der Waals surface area contributed by atoms with Gasteiger partial charge in [0, 0.05) is 5.56 Å². The topological polar surface area (TPSA) is 23.8 Å². The molecule has 124 valence electrons. The van der Waals surface area contributed by atoms with E-state index >= 15 is 0 Å². The Bertz CT molecular complexity index is 734. The monoisotopic (exact) mass is 321 g/mol. The fraction of sp³-hybridized carbons (Fsp3) is 0.409. The Hall–Kier alpha value is -2.14. The van der Waals surface area contributed by atoms with Crippen LogP contribution in [0.1, 0.15) is 56.6 Å². The second-order valence-corrected chi connectivity index (χ2v) is 7.24. The maximum absolute atomic E-state index is 14.2. The Morgan fingerprint density at radius 1 is 1.04 bits per heavy atom. The average molecular weight is 321 g/mol. The van der Waals surface area contributed by atoms with Crippen molar-refractivity contribution >= 4 is 0 Å². The Morgan fingerprint density at radius 2 is 1.71 bits per heavy atom. The van der Waals surface area contributed by atoms with Crippen LogP contribution in [0.15, 0.2) is 42.5 Å². The largest absolute Gasteiger partial charge is 0.206 e. The molecule has 2 heteroatoms. The lowest BCUT2D eigenvalue weighted by molar-refractivity contribution is 0.261. The molecule has 2 aromatic carbocycles. The fourth-order valence-electron chi connectivity index (χ4n) is 3.84. The fourth-order valence-corrected chi connectivity index (χ4v) is 3.84. The highest BCUT2D eigenvalue weighted by molar-refractivity contribution is 5.65. The summed E-state index contributed by atoms with van der Waals surface area (Å²) in [7, 11) is 0. The first-order valence-electron chi connectivity index (χ1n) is 8.88. The average Bonchev–Trinajstić information content (AvgIpc) is 2.62. The van der Waals surface area contributed by atoms with Crippen LogP contribution < -0.4 is 0 Å². The summed E-state index contributed by atoms with van der Waals surface area (Å²) in [5.74, 6) is 1.85. The minimum absolute atomic E-state index is 0.337. The molecular weight excluding hydrogens is 297 g/mol. The SMILES string of the molecule is CC1CCC(C(C)c2ccc(-c3ccc(C#N)cc3F)cc2)CC1. The van der Waals surface area contributed by atoms with Crippen LogP contribution in [0.25, 0.3) is 11.1 Å². The van der Waals surface area contributed by atoms with E-state index in [1.807, 2.05) is 18.2 Å². The number of rotatable bonds is 3. The molecule has 0 aromatic heterocycles. The van der Waals surface area contributed by atoms with Crippen LogP contribution in [0.2, 0.25) is 0 Å². The predicted molar refractivity (Wildman–Crippen MR) is 96.1 cm³/mol. The van der Waals surface area contributed by atoms with Crippen molar-refractivity contribution in [3.63, 3.8) is 0 Å². The summed E-state index contributed by atoms with van der Waals surface area (Å²) in [6, 6.07) is 14.9. The van der Waals surface area contributed by atoms with Gasteiger partial charge < -0.3 is 0 Å². The van der Waals surface area contributed by atoms with Crippen molar-refractivity contribution in [2.45, 2.75) is 45.4 Å². The summed E-state index contributed by atoms with van der Waals surface area (Å²) in [5, 5.41) is 8.84. The van der Waals surface area contributed by atoms with Crippen molar-refractivity contribution in [1.29, 1.82) is 5.26 Å². The van der Waals surface area contributed by atoms with Crippen LogP contribution in [0.5, 0.6) is 0 Å². The first-order chi connectivity index (χ1) is 11.6. The number of halogens is 1. The molecule has 1 aliphatic carbocycles. The maximum Gasteiger partial charge on any atom is 0.132 e. The Balaban J connectivity index is 1.77. The zero-order chi connectivity index (χ0) is 17.1. The molecule has 1 aliphatic rings. The third-order valence-corrected chi connectivity index (χ3v) is 5.61. The number of nitriles is 1. The van der Waals surface area contributed by atoms with Crippen molar-refractivity contribution in [3.05, 3.63) is 59.4 Å². The van der Waals surface area contributed by atoms with Gasteiger partial charge in [-0.25, -0.2) is 4.39 Å². The van der Waals surface area contributed by atoms with Gasteiger partial charge in [0.25, 0.3) is 0 Å². The highest BCUT2D eigenvalue weighted by atomic mass is 19.1. The standard InChI is InChI=1S/C22H24FN/c1-15-3-6-18(7-4-15)16(2)19-8-10-20(11-9-19)21-12-5-17(14-24)13-22(21)23/h5,8-13,15-16,18H,3-4,6-7H2,1-2H3. The molecule has 0 radical (unpaired) electrons. The van der Waals surface area contributed by atoms with Crippen molar-refractivity contribution < 1.29 is 4.39 Å². The number of nitrogens with zero attached hydrogens (tertiary/aromatic N) is 1. The molecule has 1 nitrogen and oxygen atoms in total. The second kappa shape index (κ2) is 7.18. The second-order valence-electron chi connectivity index (χ2n) is 7.24. The molecule has 1 atom stereocenters.